The Balaban J connectivity index is 1.55. The number of carbonyl (C=O) groups excluding carboxylic acids is 3. The average Bonchev–Trinajstić information content (AvgIpc) is 3.46. The Hall–Kier alpha value is -4.26. The highest BCUT2D eigenvalue weighted by Crippen LogP contribution is 2.42. The summed E-state index contributed by atoms with van der Waals surface area (Å²) in [6.07, 6.45) is 10.3. The lowest BCUT2D eigenvalue weighted by molar-refractivity contribution is -0.139. The molecule has 2 atom stereocenters. The molecule has 0 spiro atoms. The van der Waals surface area contributed by atoms with E-state index < -0.39 is 6.04 Å². The number of nitrogens with zero attached hydrogens (tertiary/aromatic N) is 5. The van der Waals surface area contributed by atoms with Crippen molar-refractivity contribution in [3.8, 4) is 11.3 Å². The molecular formula is C40H57N7O5. The van der Waals surface area contributed by atoms with E-state index in [1.165, 1.54) is 5.56 Å². The van der Waals surface area contributed by atoms with Crippen LogP contribution in [0.3, 0.4) is 0 Å². The van der Waals surface area contributed by atoms with Crippen molar-refractivity contribution in [2.45, 2.75) is 78.5 Å². The summed E-state index contributed by atoms with van der Waals surface area (Å²) in [5.41, 5.74) is 10.3. The second-order valence-corrected chi connectivity index (χ2v) is 14.8. The summed E-state index contributed by atoms with van der Waals surface area (Å²) in [4.78, 5) is 45.5. The number of nitrogens with one attached hydrogen (secondary N) is 2. The predicted octanol–water partition coefficient (Wildman–Crippen LogP) is 4.96. The van der Waals surface area contributed by atoms with E-state index in [0.717, 1.165) is 91.2 Å². The van der Waals surface area contributed by atoms with Crippen LogP contribution in [0, 0.1) is 5.41 Å². The highest BCUT2D eigenvalue weighted by atomic mass is 16.5. The number of aryl methyl sites for hydroxylation is 1. The molecule has 0 saturated carbocycles. The zero-order valence-corrected chi connectivity index (χ0v) is 31.8. The van der Waals surface area contributed by atoms with Crippen LogP contribution in [-0.2, 0) is 36.8 Å². The van der Waals surface area contributed by atoms with Gasteiger partial charge in [0.2, 0.25) is 6.41 Å². The van der Waals surface area contributed by atoms with E-state index in [1.807, 2.05) is 13.1 Å². The number of likely N-dealkylation sites (N-methyl/N-ethyl adjacent to an activating group) is 1. The number of hydrogen-bond acceptors (Lipinski definition) is 9. The fourth-order valence-corrected chi connectivity index (χ4v) is 7.38. The van der Waals surface area contributed by atoms with Gasteiger partial charge in [0.25, 0.3) is 12.4 Å². The lowest BCUT2D eigenvalue weighted by Crippen LogP contribution is -2.54. The minimum atomic E-state index is -0.585. The van der Waals surface area contributed by atoms with Crippen LogP contribution in [0.4, 0.5) is 5.69 Å². The molecular weight excluding hydrogens is 658 g/mol. The number of aromatic nitrogens is 2. The molecule has 1 aromatic carbocycles. The van der Waals surface area contributed by atoms with E-state index in [1.54, 1.807) is 12.1 Å². The number of ether oxygens (including phenoxy) is 2. The monoisotopic (exact) mass is 715 g/mol. The summed E-state index contributed by atoms with van der Waals surface area (Å²) in [6, 6.07) is 8.24. The van der Waals surface area contributed by atoms with Crippen molar-refractivity contribution >= 4 is 41.5 Å². The summed E-state index contributed by atoms with van der Waals surface area (Å²) in [6.45, 7) is 15.3. The third-order valence-corrected chi connectivity index (χ3v) is 10.3. The van der Waals surface area contributed by atoms with E-state index >= 15 is 0 Å². The van der Waals surface area contributed by atoms with Crippen LogP contribution in [-0.4, -0.2) is 104 Å². The van der Waals surface area contributed by atoms with Gasteiger partial charge in [-0.3, -0.25) is 24.4 Å². The maximum atomic E-state index is 13.1. The minimum Gasteiger partial charge on any atom is -0.467 e. The average molecular weight is 716 g/mol. The smallest absolute Gasteiger partial charge is 0.293 e. The van der Waals surface area contributed by atoms with Gasteiger partial charge in [-0.25, -0.2) is 5.43 Å². The molecule has 0 bridgehead atoms. The molecule has 0 aliphatic carbocycles. The molecule has 2 amide bonds. The first-order valence-electron chi connectivity index (χ1n) is 18.7. The predicted molar refractivity (Wildman–Crippen MR) is 206 cm³/mol. The fourth-order valence-electron chi connectivity index (χ4n) is 7.38. The summed E-state index contributed by atoms with van der Waals surface area (Å²) in [5, 5.41) is 5.49. The lowest BCUT2D eigenvalue weighted by Gasteiger charge is -2.34. The zero-order valence-electron chi connectivity index (χ0n) is 31.8. The van der Waals surface area contributed by atoms with Gasteiger partial charge in [-0.1, -0.05) is 32.1 Å². The molecule has 2 saturated heterocycles. The van der Waals surface area contributed by atoms with Crippen LogP contribution in [0.1, 0.15) is 76.3 Å². The number of carbonyl (C=O) groups is 3. The second-order valence-electron chi connectivity index (χ2n) is 14.8. The van der Waals surface area contributed by atoms with E-state index in [9.17, 15) is 14.4 Å². The molecule has 12 nitrogen and oxygen atoms in total. The second kappa shape index (κ2) is 18.0. The van der Waals surface area contributed by atoms with Crippen molar-refractivity contribution in [2.75, 3.05) is 64.9 Å². The maximum absolute atomic E-state index is 13.1. The molecule has 4 heterocycles. The van der Waals surface area contributed by atoms with Gasteiger partial charge in [-0.05, 0) is 82.3 Å². The largest absolute Gasteiger partial charge is 0.467 e. The van der Waals surface area contributed by atoms with Crippen LogP contribution in [0.25, 0.3) is 28.2 Å². The molecule has 52 heavy (non-hydrogen) atoms. The number of piperazine rings is 1. The number of fused-ring (bicyclic) bond motifs is 1. The SMILES string of the molecule is CCn1c(-c2cc(N3CCN(C)CC3)cnc2C(C)OC)c(CC(C)(C)COC=O)c2cc(/C=C/CCC(NC=O)C(=O)N3CCCCN3)ccc21. The van der Waals surface area contributed by atoms with Crippen LogP contribution in [0.2, 0.25) is 0 Å². The van der Waals surface area contributed by atoms with Gasteiger partial charge in [0.15, 0.2) is 0 Å². The molecule has 2 aliphatic heterocycles. The molecule has 2 aromatic heterocycles. The van der Waals surface area contributed by atoms with Crippen molar-refractivity contribution in [3.05, 3.63) is 53.4 Å². The van der Waals surface area contributed by atoms with E-state index in [4.69, 9.17) is 14.5 Å². The summed E-state index contributed by atoms with van der Waals surface area (Å²) >= 11 is 0. The number of benzene rings is 1. The number of amides is 2. The minimum absolute atomic E-state index is 0.103. The van der Waals surface area contributed by atoms with Crippen molar-refractivity contribution in [2.24, 2.45) is 5.41 Å². The van der Waals surface area contributed by atoms with Crippen LogP contribution in [0.5, 0.6) is 0 Å². The first kappa shape index (κ1) is 39.0. The lowest BCUT2D eigenvalue weighted by atomic mass is 9.84. The van der Waals surface area contributed by atoms with Crippen LogP contribution < -0.4 is 15.6 Å². The van der Waals surface area contributed by atoms with Gasteiger partial charge in [-0.15, -0.1) is 0 Å². The topological polar surface area (TPSA) is 121 Å². The molecule has 2 aliphatic rings. The summed E-state index contributed by atoms with van der Waals surface area (Å²) < 4.78 is 13.6. The Labute approximate surface area is 308 Å². The number of anilines is 1. The Morgan fingerprint density at radius 1 is 1.12 bits per heavy atom. The molecule has 0 radical (unpaired) electrons. The van der Waals surface area contributed by atoms with Crippen LogP contribution >= 0.6 is 0 Å². The summed E-state index contributed by atoms with van der Waals surface area (Å²) in [7, 11) is 3.88. The molecule has 5 rings (SSSR count). The Bertz CT molecular complexity index is 1710. The third-order valence-electron chi connectivity index (χ3n) is 10.3. The highest BCUT2D eigenvalue weighted by Gasteiger charge is 2.30. The number of hydrazine groups is 1. The third kappa shape index (κ3) is 9.20. The number of rotatable bonds is 17. The number of methoxy groups -OCH3 is 1. The van der Waals surface area contributed by atoms with E-state index in [2.05, 4.69) is 89.3 Å². The standard InChI is InChI=1S/C40H57N7O5/c1-7-46-36-15-14-30(12-8-9-13-35(42-27-48)39(50)47-17-11-10-16-43-47)22-32(36)34(24-40(3,4)26-52-28-49)38(46)33-23-31(25-41-37(33)29(2)51-6)45-20-18-44(5)19-21-45/h8,12,14-15,22-23,25,27-29,35,43H,7,9-11,13,16-21,24,26H2,1-6H3,(H,42,48)/b12-8+. The first-order chi connectivity index (χ1) is 25.1. The number of hydrogen-bond donors (Lipinski definition) is 2. The van der Waals surface area contributed by atoms with Crippen molar-refractivity contribution in [1.82, 2.24) is 30.2 Å². The fraction of sp³-hybridized carbons (Fsp3) is 0.550. The Kier molecular flexibility index (Phi) is 13.5. The van der Waals surface area contributed by atoms with Gasteiger partial charge in [-0.2, -0.15) is 0 Å². The Morgan fingerprint density at radius 2 is 1.90 bits per heavy atom. The molecule has 3 aromatic rings. The molecule has 2 unspecified atom stereocenters. The molecule has 2 fully saturated rings. The number of allylic oxidation sites excluding steroid dienone is 1. The molecule has 2 N–H and O–H groups in total. The summed E-state index contributed by atoms with van der Waals surface area (Å²) in [5.74, 6) is -0.103. The normalized spacial score (nSPS) is 17.0. The molecule has 282 valence electrons. The van der Waals surface area contributed by atoms with Gasteiger partial charge < -0.3 is 29.2 Å². The zero-order chi connectivity index (χ0) is 37.3. The van der Waals surface area contributed by atoms with Gasteiger partial charge in [0.1, 0.15) is 6.04 Å². The first-order valence-corrected chi connectivity index (χ1v) is 18.7. The van der Waals surface area contributed by atoms with Crippen LogP contribution in [0.15, 0.2) is 36.5 Å². The van der Waals surface area contributed by atoms with Crippen molar-refractivity contribution < 1.29 is 23.9 Å². The highest BCUT2D eigenvalue weighted by molar-refractivity contribution is 5.94. The Morgan fingerprint density at radius 3 is 2.58 bits per heavy atom. The number of pyridine rings is 1. The van der Waals surface area contributed by atoms with Gasteiger partial charge in [0, 0.05) is 74.8 Å². The van der Waals surface area contributed by atoms with Gasteiger partial charge in [0.05, 0.1) is 36.0 Å². The van der Waals surface area contributed by atoms with E-state index in [0.29, 0.717) is 38.7 Å². The maximum Gasteiger partial charge on any atom is 0.293 e. The van der Waals surface area contributed by atoms with Crippen molar-refractivity contribution in [1.29, 1.82) is 0 Å². The van der Waals surface area contributed by atoms with Crippen molar-refractivity contribution in [3.63, 3.8) is 0 Å². The van der Waals surface area contributed by atoms with E-state index in [-0.39, 0.29) is 24.0 Å². The molecule has 12 heteroatoms. The van der Waals surface area contributed by atoms with Gasteiger partial charge >= 0.3 is 0 Å². The quantitative estimate of drug-likeness (QED) is 0.187.